The predicted octanol–water partition coefficient (Wildman–Crippen LogP) is 3.77. The summed E-state index contributed by atoms with van der Waals surface area (Å²) in [6.07, 6.45) is 0. The first-order valence-corrected chi connectivity index (χ1v) is 5.90. The first kappa shape index (κ1) is 13.2. The van der Waals surface area contributed by atoms with Crippen LogP contribution in [0.3, 0.4) is 0 Å². The summed E-state index contributed by atoms with van der Waals surface area (Å²) in [5, 5.41) is 3.88. The molecule has 4 heteroatoms. The minimum absolute atomic E-state index is 0.0311. The molecule has 0 saturated heterocycles. The average molecular weight is 242 g/mol. The number of rotatable bonds is 2. The normalized spacial score (nSPS) is 12.0. The molecule has 0 saturated carbocycles. The Morgan fingerprint density at radius 2 is 1.75 bits per heavy atom. The number of aromatic nitrogens is 2. The lowest BCUT2D eigenvalue weighted by atomic mass is 10.1. The highest BCUT2D eigenvalue weighted by molar-refractivity contribution is 6.30. The van der Waals surface area contributed by atoms with E-state index in [9.17, 15) is 0 Å². The molecule has 0 spiro atoms. The molecule has 0 aliphatic rings. The van der Waals surface area contributed by atoms with Gasteiger partial charge in [-0.1, -0.05) is 25.4 Å². The smallest absolute Gasteiger partial charge is 0.137 e. The van der Waals surface area contributed by atoms with Gasteiger partial charge in [-0.05, 0) is 27.7 Å². The van der Waals surface area contributed by atoms with Crippen LogP contribution in [0.1, 0.15) is 51.9 Å². The summed E-state index contributed by atoms with van der Waals surface area (Å²) < 4.78 is 0. The standard InChI is InChI=1S/C12H20ClN3/c1-7(2)10-14-9(13)8(3)11(15-10)16-12(4,5)6/h7H,1-6H3,(H,14,15,16). The van der Waals surface area contributed by atoms with Gasteiger partial charge in [-0.2, -0.15) is 0 Å². The van der Waals surface area contributed by atoms with E-state index in [-0.39, 0.29) is 11.5 Å². The van der Waals surface area contributed by atoms with E-state index in [1.165, 1.54) is 0 Å². The highest BCUT2D eigenvalue weighted by Gasteiger charge is 2.16. The van der Waals surface area contributed by atoms with Crippen molar-refractivity contribution < 1.29 is 0 Å². The summed E-state index contributed by atoms with van der Waals surface area (Å²) in [7, 11) is 0. The third-order valence-corrected chi connectivity index (χ3v) is 2.48. The van der Waals surface area contributed by atoms with Gasteiger partial charge in [0.15, 0.2) is 0 Å². The number of nitrogens with one attached hydrogen (secondary N) is 1. The lowest BCUT2D eigenvalue weighted by molar-refractivity contribution is 0.626. The molecule has 1 N–H and O–H groups in total. The van der Waals surface area contributed by atoms with Crippen LogP contribution in [-0.2, 0) is 0 Å². The highest BCUT2D eigenvalue weighted by atomic mass is 35.5. The largest absolute Gasteiger partial charge is 0.365 e. The van der Waals surface area contributed by atoms with Gasteiger partial charge in [0.2, 0.25) is 0 Å². The number of nitrogens with zero attached hydrogens (tertiary/aromatic N) is 2. The summed E-state index contributed by atoms with van der Waals surface area (Å²) >= 11 is 6.10. The molecule has 90 valence electrons. The van der Waals surface area contributed by atoms with Crippen LogP contribution in [0.2, 0.25) is 5.15 Å². The number of hydrogen-bond donors (Lipinski definition) is 1. The first-order valence-electron chi connectivity index (χ1n) is 5.53. The minimum atomic E-state index is -0.0311. The summed E-state index contributed by atoms with van der Waals surface area (Å²) in [4.78, 5) is 8.79. The molecule has 1 aromatic rings. The molecule has 0 aliphatic heterocycles. The van der Waals surface area contributed by atoms with Crippen molar-refractivity contribution in [2.75, 3.05) is 5.32 Å². The molecule has 0 atom stereocenters. The van der Waals surface area contributed by atoms with Crippen LogP contribution >= 0.6 is 11.6 Å². The minimum Gasteiger partial charge on any atom is -0.365 e. The van der Waals surface area contributed by atoms with Crippen LogP contribution in [0, 0.1) is 6.92 Å². The molecule has 16 heavy (non-hydrogen) atoms. The molecule has 0 amide bonds. The van der Waals surface area contributed by atoms with E-state index in [2.05, 4.69) is 49.9 Å². The zero-order valence-corrected chi connectivity index (χ0v) is 11.6. The Morgan fingerprint density at radius 3 is 2.19 bits per heavy atom. The SMILES string of the molecule is Cc1c(Cl)nc(C(C)C)nc1NC(C)(C)C. The Kier molecular flexibility index (Phi) is 3.79. The third kappa shape index (κ3) is 3.34. The Bertz CT molecular complexity index is 381. The zero-order valence-electron chi connectivity index (χ0n) is 10.8. The van der Waals surface area contributed by atoms with Crippen molar-refractivity contribution in [1.29, 1.82) is 0 Å². The number of hydrogen-bond acceptors (Lipinski definition) is 3. The lowest BCUT2D eigenvalue weighted by Crippen LogP contribution is -2.27. The van der Waals surface area contributed by atoms with Crippen LogP contribution in [0.15, 0.2) is 0 Å². The van der Waals surface area contributed by atoms with E-state index in [0.717, 1.165) is 17.2 Å². The fourth-order valence-corrected chi connectivity index (χ4v) is 1.42. The maximum absolute atomic E-state index is 6.10. The molecule has 1 aromatic heterocycles. The van der Waals surface area contributed by atoms with E-state index in [1.54, 1.807) is 0 Å². The molecule has 0 bridgehead atoms. The predicted molar refractivity (Wildman–Crippen MR) is 69.2 cm³/mol. The Hall–Kier alpha value is -0.830. The second-order valence-corrected chi connectivity index (χ2v) is 5.73. The Labute approximate surface area is 103 Å². The number of anilines is 1. The third-order valence-electron chi connectivity index (χ3n) is 2.11. The molecular formula is C12H20ClN3. The van der Waals surface area contributed by atoms with E-state index in [0.29, 0.717) is 5.15 Å². The van der Waals surface area contributed by atoms with Crippen LogP contribution in [0.4, 0.5) is 5.82 Å². The van der Waals surface area contributed by atoms with Crippen molar-refractivity contribution in [3.05, 3.63) is 16.5 Å². The fraction of sp³-hybridized carbons (Fsp3) is 0.667. The molecule has 0 fully saturated rings. The van der Waals surface area contributed by atoms with Crippen molar-refractivity contribution in [3.63, 3.8) is 0 Å². The molecule has 0 aromatic carbocycles. The number of halogens is 1. The Morgan fingerprint density at radius 1 is 1.19 bits per heavy atom. The van der Waals surface area contributed by atoms with E-state index in [4.69, 9.17) is 11.6 Å². The quantitative estimate of drug-likeness (QED) is 0.801. The summed E-state index contributed by atoms with van der Waals surface area (Å²) in [5.74, 6) is 1.89. The van der Waals surface area contributed by atoms with Crippen LogP contribution in [0.5, 0.6) is 0 Å². The molecule has 3 nitrogen and oxygen atoms in total. The van der Waals surface area contributed by atoms with Crippen molar-refractivity contribution in [2.24, 2.45) is 0 Å². The lowest BCUT2D eigenvalue weighted by Gasteiger charge is -2.23. The maximum Gasteiger partial charge on any atom is 0.137 e. The van der Waals surface area contributed by atoms with Crippen LogP contribution in [-0.4, -0.2) is 15.5 Å². The van der Waals surface area contributed by atoms with Crippen LogP contribution < -0.4 is 5.32 Å². The monoisotopic (exact) mass is 241 g/mol. The first-order chi connectivity index (χ1) is 7.20. The fourth-order valence-electron chi connectivity index (χ4n) is 1.24. The van der Waals surface area contributed by atoms with Gasteiger partial charge in [-0.3, -0.25) is 0 Å². The van der Waals surface area contributed by atoms with E-state index in [1.807, 2.05) is 6.92 Å². The van der Waals surface area contributed by atoms with Gasteiger partial charge in [-0.15, -0.1) is 0 Å². The van der Waals surface area contributed by atoms with Crippen molar-refractivity contribution in [1.82, 2.24) is 9.97 Å². The summed E-state index contributed by atoms with van der Waals surface area (Å²) in [5.41, 5.74) is 0.873. The molecule has 1 rings (SSSR count). The molecule has 0 radical (unpaired) electrons. The van der Waals surface area contributed by atoms with E-state index >= 15 is 0 Å². The highest BCUT2D eigenvalue weighted by Crippen LogP contribution is 2.24. The zero-order chi connectivity index (χ0) is 12.5. The summed E-state index contributed by atoms with van der Waals surface area (Å²) in [6.45, 7) is 12.3. The van der Waals surface area contributed by atoms with Crippen molar-refractivity contribution in [3.8, 4) is 0 Å². The maximum atomic E-state index is 6.10. The topological polar surface area (TPSA) is 37.8 Å². The molecule has 0 aliphatic carbocycles. The average Bonchev–Trinajstić information content (AvgIpc) is 2.10. The van der Waals surface area contributed by atoms with Gasteiger partial charge in [0.25, 0.3) is 0 Å². The van der Waals surface area contributed by atoms with Gasteiger partial charge in [0, 0.05) is 17.0 Å². The van der Waals surface area contributed by atoms with Gasteiger partial charge >= 0.3 is 0 Å². The van der Waals surface area contributed by atoms with Gasteiger partial charge in [-0.25, -0.2) is 9.97 Å². The van der Waals surface area contributed by atoms with Gasteiger partial charge in [0.05, 0.1) is 0 Å². The second-order valence-electron chi connectivity index (χ2n) is 5.38. The Balaban J connectivity index is 3.17. The van der Waals surface area contributed by atoms with Crippen molar-refractivity contribution >= 4 is 17.4 Å². The van der Waals surface area contributed by atoms with Crippen molar-refractivity contribution in [2.45, 2.75) is 53.0 Å². The van der Waals surface area contributed by atoms with Gasteiger partial charge in [0.1, 0.15) is 16.8 Å². The van der Waals surface area contributed by atoms with Gasteiger partial charge < -0.3 is 5.32 Å². The van der Waals surface area contributed by atoms with E-state index < -0.39 is 0 Å². The molecule has 0 unspecified atom stereocenters. The van der Waals surface area contributed by atoms with Crippen LogP contribution in [0.25, 0.3) is 0 Å². The molecule has 1 heterocycles. The molecular weight excluding hydrogens is 222 g/mol. The summed E-state index contributed by atoms with van der Waals surface area (Å²) in [6, 6.07) is 0. The second kappa shape index (κ2) is 4.58.